The molecule has 0 amide bonds. The molecule has 10 heteroatoms. The number of nitrogens with zero attached hydrogens (tertiary/aromatic N) is 7. The molecule has 0 unspecified atom stereocenters. The van der Waals surface area contributed by atoms with Crippen LogP contribution in [0.1, 0.15) is 24.1 Å². The summed E-state index contributed by atoms with van der Waals surface area (Å²) in [5.74, 6) is 1.55. The zero-order valence-electron chi connectivity index (χ0n) is 16.9. The van der Waals surface area contributed by atoms with Crippen LogP contribution < -0.4 is 10.6 Å². The van der Waals surface area contributed by atoms with E-state index in [4.69, 9.17) is 10.7 Å². The van der Waals surface area contributed by atoms with E-state index in [1.54, 1.807) is 16.0 Å². The number of hydrogen-bond acceptors (Lipinski definition) is 9. The second-order valence-electron chi connectivity index (χ2n) is 8.56. The molecule has 0 bridgehead atoms. The lowest BCUT2D eigenvalue weighted by Gasteiger charge is -2.55. The summed E-state index contributed by atoms with van der Waals surface area (Å²) < 4.78 is 2.72. The van der Waals surface area contributed by atoms with Crippen LogP contribution in [0.4, 0.5) is 11.8 Å². The largest absolute Gasteiger partial charge is 0.368 e. The summed E-state index contributed by atoms with van der Waals surface area (Å²) >= 11 is 1.58. The molecule has 1 aliphatic carbocycles. The van der Waals surface area contributed by atoms with Crippen molar-refractivity contribution in [3.05, 3.63) is 41.0 Å². The number of fused-ring (bicyclic) bond motifs is 1. The highest BCUT2D eigenvalue weighted by Crippen LogP contribution is 2.47. The Hall–Kier alpha value is -3.40. The Morgan fingerprint density at radius 3 is 2.84 bits per heavy atom. The zero-order chi connectivity index (χ0) is 21.2. The zero-order valence-corrected chi connectivity index (χ0v) is 17.8. The van der Waals surface area contributed by atoms with Crippen molar-refractivity contribution < 1.29 is 4.79 Å². The fourth-order valence-corrected chi connectivity index (χ4v) is 5.52. The van der Waals surface area contributed by atoms with Gasteiger partial charge in [0.05, 0.1) is 28.7 Å². The molecule has 1 saturated carbocycles. The van der Waals surface area contributed by atoms with Gasteiger partial charge in [0.15, 0.2) is 0 Å². The summed E-state index contributed by atoms with van der Waals surface area (Å²) in [6.45, 7) is 4.33. The number of carbonyl (C=O) groups excluding carboxylic acids is 1. The number of thiophene rings is 1. The number of Topliss-reactive ketones (excluding diaryl/α,β-unsaturated/α-hetero) is 1. The van der Waals surface area contributed by atoms with Crippen LogP contribution in [0.3, 0.4) is 0 Å². The van der Waals surface area contributed by atoms with Gasteiger partial charge in [0, 0.05) is 31.3 Å². The van der Waals surface area contributed by atoms with Crippen LogP contribution >= 0.6 is 11.3 Å². The summed E-state index contributed by atoms with van der Waals surface area (Å²) in [4.78, 5) is 27.1. The van der Waals surface area contributed by atoms with Crippen LogP contribution in [0, 0.1) is 12.3 Å². The Bertz CT molecular complexity index is 1330. The van der Waals surface area contributed by atoms with E-state index in [1.807, 2.05) is 36.7 Å². The molecule has 0 aromatic carbocycles. The van der Waals surface area contributed by atoms with E-state index in [-0.39, 0.29) is 11.4 Å². The molecule has 0 radical (unpaired) electrons. The Kier molecular flexibility index (Phi) is 3.88. The second-order valence-corrected chi connectivity index (χ2v) is 9.44. The van der Waals surface area contributed by atoms with E-state index in [2.05, 4.69) is 25.2 Å². The van der Waals surface area contributed by atoms with Crippen molar-refractivity contribution in [1.82, 2.24) is 29.9 Å². The molecule has 6 rings (SSSR count). The smallest absolute Gasteiger partial charge is 0.221 e. The van der Waals surface area contributed by atoms with Crippen molar-refractivity contribution in [2.24, 2.45) is 5.41 Å². The summed E-state index contributed by atoms with van der Waals surface area (Å²) in [5.41, 5.74) is 10.3. The number of nitrogens with two attached hydrogens (primary N) is 1. The summed E-state index contributed by atoms with van der Waals surface area (Å²) in [7, 11) is 0. The number of aryl methyl sites for hydroxylation is 1. The number of anilines is 2. The summed E-state index contributed by atoms with van der Waals surface area (Å²) in [5, 5.41) is 10.6. The first kappa shape index (κ1) is 18.4. The standard InChI is InChI=1S/C21H20N8OS/c1-12-9-31-19-17(12)24-20(22)25-18(19)15-8-29(27-26-15)7-13-3-2-4-16(23-13)28-10-21(11-28)5-14(30)6-21/h2-4,8-9H,5-7,10-11H2,1H3,(H2,22,24,25). The van der Waals surface area contributed by atoms with Gasteiger partial charge in [-0.15, -0.1) is 16.4 Å². The Morgan fingerprint density at radius 2 is 2.03 bits per heavy atom. The van der Waals surface area contributed by atoms with Gasteiger partial charge in [0.2, 0.25) is 5.95 Å². The molecule has 156 valence electrons. The second kappa shape index (κ2) is 6.55. The maximum absolute atomic E-state index is 11.3. The first-order valence-electron chi connectivity index (χ1n) is 10.1. The molecule has 1 saturated heterocycles. The van der Waals surface area contributed by atoms with E-state index in [1.165, 1.54) is 0 Å². The first-order chi connectivity index (χ1) is 15.0. The van der Waals surface area contributed by atoms with Crippen LogP contribution in [0.15, 0.2) is 29.8 Å². The fraction of sp³-hybridized carbons (Fsp3) is 0.333. The number of pyridine rings is 1. The minimum atomic E-state index is 0.209. The molecule has 2 N–H and O–H groups in total. The van der Waals surface area contributed by atoms with Crippen molar-refractivity contribution in [3.63, 3.8) is 0 Å². The topological polar surface area (TPSA) is 116 Å². The highest BCUT2D eigenvalue weighted by atomic mass is 32.1. The monoisotopic (exact) mass is 432 g/mol. The van der Waals surface area contributed by atoms with Crippen molar-refractivity contribution in [2.75, 3.05) is 23.7 Å². The molecule has 1 aliphatic heterocycles. The Labute approximate surface area is 181 Å². The van der Waals surface area contributed by atoms with Crippen molar-refractivity contribution in [1.29, 1.82) is 0 Å². The van der Waals surface area contributed by atoms with E-state index < -0.39 is 0 Å². The van der Waals surface area contributed by atoms with Gasteiger partial charge in [-0.05, 0) is 30.0 Å². The SMILES string of the molecule is Cc1csc2c(-c3cn(Cc4cccc(N5CC6(CC(=O)C6)C5)n4)nn3)nc(N)nc12. The van der Waals surface area contributed by atoms with Gasteiger partial charge >= 0.3 is 0 Å². The van der Waals surface area contributed by atoms with Crippen LogP contribution in [0.5, 0.6) is 0 Å². The third-order valence-corrected chi connectivity index (χ3v) is 7.12. The normalized spacial score (nSPS) is 17.2. The van der Waals surface area contributed by atoms with Crippen LogP contribution in [-0.4, -0.2) is 48.8 Å². The lowest BCUT2D eigenvalue weighted by Crippen LogP contribution is -2.63. The summed E-state index contributed by atoms with van der Waals surface area (Å²) in [6.07, 6.45) is 3.30. The van der Waals surface area contributed by atoms with Gasteiger partial charge in [0.1, 0.15) is 23.0 Å². The predicted molar refractivity (Wildman–Crippen MR) is 118 cm³/mol. The van der Waals surface area contributed by atoms with E-state index in [0.29, 0.717) is 23.7 Å². The van der Waals surface area contributed by atoms with Gasteiger partial charge < -0.3 is 10.6 Å². The van der Waals surface area contributed by atoms with Crippen LogP contribution in [-0.2, 0) is 11.3 Å². The van der Waals surface area contributed by atoms with Crippen molar-refractivity contribution in [2.45, 2.75) is 26.3 Å². The van der Waals surface area contributed by atoms with E-state index in [0.717, 1.165) is 53.2 Å². The number of ketones is 1. The molecule has 1 spiro atoms. The third-order valence-electron chi connectivity index (χ3n) is 6.03. The Morgan fingerprint density at radius 1 is 1.19 bits per heavy atom. The van der Waals surface area contributed by atoms with Crippen LogP contribution in [0.2, 0.25) is 0 Å². The third kappa shape index (κ3) is 3.05. The van der Waals surface area contributed by atoms with Crippen molar-refractivity contribution >= 4 is 39.1 Å². The molecule has 2 aliphatic rings. The summed E-state index contributed by atoms with van der Waals surface area (Å²) in [6, 6.07) is 6.01. The highest BCUT2D eigenvalue weighted by Gasteiger charge is 2.52. The number of rotatable bonds is 4. The molecule has 5 heterocycles. The number of hydrogen-bond donors (Lipinski definition) is 1. The van der Waals surface area contributed by atoms with Crippen LogP contribution in [0.25, 0.3) is 21.6 Å². The molecule has 4 aromatic rings. The van der Waals surface area contributed by atoms with Gasteiger partial charge in [-0.3, -0.25) is 4.79 Å². The lowest BCUT2D eigenvalue weighted by atomic mass is 9.63. The van der Waals surface area contributed by atoms with Gasteiger partial charge in [0.25, 0.3) is 0 Å². The van der Waals surface area contributed by atoms with E-state index in [9.17, 15) is 4.79 Å². The number of aromatic nitrogens is 6. The number of nitrogen functional groups attached to an aromatic ring is 1. The van der Waals surface area contributed by atoms with Gasteiger partial charge in [-0.1, -0.05) is 11.3 Å². The minimum Gasteiger partial charge on any atom is -0.368 e. The maximum atomic E-state index is 11.3. The Balaban J connectivity index is 1.22. The molecule has 0 atom stereocenters. The number of carbonyl (C=O) groups is 1. The first-order valence-corrected chi connectivity index (χ1v) is 11.0. The lowest BCUT2D eigenvalue weighted by molar-refractivity contribution is -0.134. The molecule has 4 aromatic heterocycles. The molecule has 2 fully saturated rings. The maximum Gasteiger partial charge on any atom is 0.221 e. The average Bonchev–Trinajstić information content (AvgIpc) is 3.30. The van der Waals surface area contributed by atoms with Crippen molar-refractivity contribution in [3.8, 4) is 11.4 Å². The molecule has 9 nitrogen and oxygen atoms in total. The minimum absolute atomic E-state index is 0.209. The highest BCUT2D eigenvalue weighted by molar-refractivity contribution is 7.17. The molecular weight excluding hydrogens is 412 g/mol. The van der Waals surface area contributed by atoms with Gasteiger partial charge in [-0.2, -0.15) is 0 Å². The fourth-order valence-electron chi connectivity index (χ4n) is 4.54. The van der Waals surface area contributed by atoms with E-state index >= 15 is 0 Å². The quantitative estimate of drug-likeness (QED) is 0.523. The average molecular weight is 433 g/mol. The molecule has 31 heavy (non-hydrogen) atoms. The molecular formula is C21H20N8OS. The van der Waals surface area contributed by atoms with Gasteiger partial charge in [-0.25, -0.2) is 19.6 Å². The predicted octanol–water partition coefficient (Wildman–Crippen LogP) is 2.45.